The zero-order valence-electron chi connectivity index (χ0n) is 17.7. The number of Topliss-reactive ketones (excluding diaryl/α,β-unsaturated/α-hetero) is 1. The molecule has 0 aliphatic carbocycles. The van der Waals surface area contributed by atoms with E-state index in [0.29, 0.717) is 19.7 Å². The molecule has 4 rings (SSSR count). The monoisotopic (exact) mass is 405 g/mol. The van der Waals surface area contributed by atoms with Crippen molar-refractivity contribution in [3.63, 3.8) is 0 Å². The molecule has 5 nitrogen and oxygen atoms in total. The molecule has 5 heteroatoms. The number of fused-ring (bicyclic) bond motifs is 1. The molecule has 3 aromatic rings. The van der Waals surface area contributed by atoms with Gasteiger partial charge >= 0.3 is 0 Å². The van der Waals surface area contributed by atoms with Gasteiger partial charge in [0.2, 0.25) is 0 Å². The van der Waals surface area contributed by atoms with Crippen molar-refractivity contribution in [3.05, 3.63) is 71.3 Å². The average molecular weight is 405 g/mol. The first-order valence-corrected chi connectivity index (χ1v) is 10.2. The molecule has 0 amide bonds. The van der Waals surface area contributed by atoms with E-state index in [1.165, 1.54) is 5.56 Å². The first-order valence-electron chi connectivity index (χ1n) is 10.2. The third kappa shape index (κ3) is 4.18. The summed E-state index contributed by atoms with van der Waals surface area (Å²) in [4.78, 5) is 15.1. The Kier molecular flexibility index (Phi) is 6.02. The summed E-state index contributed by atoms with van der Waals surface area (Å²) in [5.41, 5.74) is 3.00. The lowest BCUT2D eigenvalue weighted by Gasteiger charge is -2.15. The number of methoxy groups -OCH3 is 2. The molecule has 0 aromatic heterocycles. The molecule has 0 bridgehead atoms. The molecule has 0 saturated carbocycles. The van der Waals surface area contributed by atoms with Crippen LogP contribution in [0.1, 0.15) is 34.0 Å². The number of hydrogen-bond donors (Lipinski definition) is 0. The minimum absolute atomic E-state index is 0.0655. The normalized spacial score (nSPS) is 16.7. The Labute approximate surface area is 177 Å². The summed E-state index contributed by atoms with van der Waals surface area (Å²) in [7, 11) is 3.28. The van der Waals surface area contributed by atoms with Crippen LogP contribution in [0.25, 0.3) is 10.8 Å². The zero-order chi connectivity index (χ0) is 21.1. The fraction of sp³-hybridized carbons (Fsp3) is 0.320. The Balaban J connectivity index is 1.41. The molecule has 1 aliphatic rings. The topological polar surface area (TPSA) is 48.0 Å². The van der Waals surface area contributed by atoms with Crippen molar-refractivity contribution < 1.29 is 19.0 Å². The fourth-order valence-corrected chi connectivity index (χ4v) is 4.00. The highest BCUT2D eigenvalue weighted by Crippen LogP contribution is 2.31. The second kappa shape index (κ2) is 8.86. The third-order valence-electron chi connectivity index (χ3n) is 5.73. The van der Waals surface area contributed by atoms with Crippen LogP contribution >= 0.6 is 0 Å². The number of hydrogen-bond acceptors (Lipinski definition) is 5. The summed E-state index contributed by atoms with van der Waals surface area (Å²) in [6.07, 6.45) is 0.397. The number of rotatable bonds is 7. The number of ketones is 1. The van der Waals surface area contributed by atoms with Crippen LogP contribution < -0.4 is 9.47 Å². The van der Waals surface area contributed by atoms with Crippen molar-refractivity contribution in [2.75, 3.05) is 34.0 Å². The molecule has 156 valence electrons. The predicted octanol–water partition coefficient (Wildman–Crippen LogP) is 4.77. The Morgan fingerprint density at radius 2 is 1.73 bits per heavy atom. The van der Waals surface area contributed by atoms with Crippen molar-refractivity contribution in [1.29, 1.82) is 0 Å². The molecular formula is C25H27NO4. The van der Waals surface area contributed by atoms with E-state index in [9.17, 15) is 4.79 Å². The summed E-state index contributed by atoms with van der Waals surface area (Å²) in [5, 5.41) is 2.17. The van der Waals surface area contributed by atoms with E-state index in [1.54, 1.807) is 14.2 Å². The Bertz CT molecular complexity index is 1040. The summed E-state index contributed by atoms with van der Waals surface area (Å²) in [5.74, 6) is 1.65. The number of nitrogens with zero attached hydrogens (tertiary/aromatic N) is 1. The predicted molar refractivity (Wildman–Crippen MR) is 117 cm³/mol. The third-order valence-corrected chi connectivity index (χ3v) is 5.73. The first-order chi connectivity index (χ1) is 14.6. The molecule has 0 N–H and O–H groups in total. The maximum atomic E-state index is 12.9. The Morgan fingerprint density at radius 3 is 2.43 bits per heavy atom. The van der Waals surface area contributed by atoms with E-state index < -0.39 is 0 Å². The molecule has 1 heterocycles. The van der Waals surface area contributed by atoms with E-state index in [0.717, 1.165) is 39.9 Å². The lowest BCUT2D eigenvalue weighted by Crippen LogP contribution is -2.24. The molecule has 1 atom stereocenters. The van der Waals surface area contributed by atoms with Crippen molar-refractivity contribution in [1.82, 2.24) is 4.90 Å². The lowest BCUT2D eigenvalue weighted by molar-refractivity contribution is 0.0850. The SMILES string of the molecule is COc1cc(OC)cc(C2CN(CCC(=O)c3ccc(C)c4ccccc34)CO2)c1. The standard InChI is InChI=1S/C25H27NO4/c1-17-8-9-23(22-7-5-4-6-21(17)22)24(27)10-11-26-15-25(30-16-26)18-12-19(28-2)14-20(13-18)29-3/h4-9,12-14,25H,10-11,15-16H2,1-3H3. The summed E-state index contributed by atoms with van der Waals surface area (Å²) in [6, 6.07) is 17.9. The van der Waals surface area contributed by atoms with E-state index in [2.05, 4.69) is 17.9 Å². The minimum Gasteiger partial charge on any atom is -0.497 e. The summed E-state index contributed by atoms with van der Waals surface area (Å²) in [6.45, 7) is 3.98. The van der Waals surface area contributed by atoms with Gasteiger partial charge in [0.25, 0.3) is 0 Å². The van der Waals surface area contributed by atoms with Crippen LogP contribution in [0.3, 0.4) is 0 Å². The molecule has 0 radical (unpaired) electrons. The van der Waals surface area contributed by atoms with Crippen molar-refractivity contribution >= 4 is 16.6 Å². The van der Waals surface area contributed by atoms with Gasteiger partial charge in [-0.05, 0) is 41.0 Å². The van der Waals surface area contributed by atoms with E-state index >= 15 is 0 Å². The van der Waals surface area contributed by atoms with Crippen LogP contribution in [-0.2, 0) is 4.74 Å². The number of aryl methyl sites for hydroxylation is 1. The van der Waals surface area contributed by atoms with Gasteiger partial charge in [-0.25, -0.2) is 0 Å². The van der Waals surface area contributed by atoms with Gasteiger partial charge < -0.3 is 14.2 Å². The first kappa shape index (κ1) is 20.4. The number of carbonyl (C=O) groups excluding carboxylic acids is 1. The van der Waals surface area contributed by atoms with Gasteiger partial charge in [0.1, 0.15) is 11.5 Å². The van der Waals surface area contributed by atoms with Crippen LogP contribution in [-0.4, -0.2) is 44.7 Å². The molecule has 1 aliphatic heterocycles. The van der Waals surface area contributed by atoms with Crippen LogP contribution in [0.2, 0.25) is 0 Å². The van der Waals surface area contributed by atoms with E-state index in [1.807, 2.05) is 48.5 Å². The maximum absolute atomic E-state index is 12.9. The lowest BCUT2D eigenvalue weighted by atomic mass is 9.96. The highest BCUT2D eigenvalue weighted by molar-refractivity contribution is 6.08. The van der Waals surface area contributed by atoms with E-state index in [4.69, 9.17) is 14.2 Å². The molecule has 30 heavy (non-hydrogen) atoms. The fourth-order valence-electron chi connectivity index (χ4n) is 4.00. The number of benzene rings is 3. The Morgan fingerprint density at radius 1 is 1.03 bits per heavy atom. The van der Waals surface area contributed by atoms with Gasteiger partial charge in [0.15, 0.2) is 5.78 Å². The van der Waals surface area contributed by atoms with E-state index in [-0.39, 0.29) is 11.9 Å². The zero-order valence-corrected chi connectivity index (χ0v) is 17.7. The van der Waals surface area contributed by atoms with Gasteiger partial charge in [-0.2, -0.15) is 0 Å². The number of ether oxygens (including phenoxy) is 3. The largest absolute Gasteiger partial charge is 0.497 e. The second-order valence-corrected chi connectivity index (χ2v) is 7.66. The van der Waals surface area contributed by atoms with Gasteiger partial charge in [0, 0.05) is 31.1 Å². The van der Waals surface area contributed by atoms with Gasteiger partial charge in [-0.3, -0.25) is 9.69 Å². The summed E-state index contributed by atoms with van der Waals surface area (Å²) < 4.78 is 16.7. The quantitative estimate of drug-likeness (QED) is 0.530. The van der Waals surface area contributed by atoms with Gasteiger partial charge in [0.05, 0.1) is 27.1 Å². The maximum Gasteiger partial charge on any atom is 0.164 e. The van der Waals surface area contributed by atoms with Gasteiger partial charge in [-0.15, -0.1) is 0 Å². The molecule has 3 aromatic carbocycles. The Hall–Kier alpha value is -2.89. The molecule has 1 unspecified atom stereocenters. The molecular weight excluding hydrogens is 378 g/mol. The van der Waals surface area contributed by atoms with Crippen LogP contribution in [0.4, 0.5) is 0 Å². The van der Waals surface area contributed by atoms with Crippen molar-refractivity contribution in [3.8, 4) is 11.5 Å². The smallest absolute Gasteiger partial charge is 0.164 e. The van der Waals surface area contributed by atoms with Gasteiger partial charge in [-0.1, -0.05) is 36.4 Å². The van der Waals surface area contributed by atoms with Crippen LogP contribution in [0.15, 0.2) is 54.6 Å². The summed E-state index contributed by atoms with van der Waals surface area (Å²) >= 11 is 0. The highest BCUT2D eigenvalue weighted by Gasteiger charge is 2.26. The van der Waals surface area contributed by atoms with Crippen molar-refractivity contribution in [2.24, 2.45) is 0 Å². The molecule has 1 saturated heterocycles. The molecule has 1 fully saturated rings. The van der Waals surface area contributed by atoms with Crippen LogP contribution in [0.5, 0.6) is 11.5 Å². The average Bonchev–Trinajstić information content (AvgIpc) is 3.26. The van der Waals surface area contributed by atoms with Crippen molar-refractivity contribution in [2.45, 2.75) is 19.4 Å². The second-order valence-electron chi connectivity index (χ2n) is 7.66. The minimum atomic E-state index is -0.0655. The number of carbonyl (C=O) groups is 1. The molecule has 0 spiro atoms. The van der Waals surface area contributed by atoms with Crippen LogP contribution in [0, 0.1) is 6.92 Å². The highest BCUT2D eigenvalue weighted by atomic mass is 16.5.